The fourth-order valence-corrected chi connectivity index (χ4v) is 3.73. The minimum absolute atomic E-state index is 0.104. The summed E-state index contributed by atoms with van der Waals surface area (Å²) in [7, 11) is 1.63. The van der Waals surface area contributed by atoms with Gasteiger partial charge in [0.25, 0.3) is 5.56 Å². The first kappa shape index (κ1) is 17.4. The van der Waals surface area contributed by atoms with Crippen LogP contribution in [0.1, 0.15) is 18.4 Å². The van der Waals surface area contributed by atoms with Crippen molar-refractivity contribution in [3.8, 4) is 5.75 Å². The van der Waals surface area contributed by atoms with E-state index >= 15 is 0 Å². The fourth-order valence-electron chi connectivity index (χ4n) is 3.73. The van der Waals surface area contributed by atoms with Gasteiger partial charge in [0.2, 0.25) is 11.9 Å². The smallest absolute Gasteiger partial charge is 0.254 e. The minimum atomic E-state index is -0.388. The third-order valence-electron chi connectivity index (χ3n) is 5.44. The van der Waals surface area contributed by atoms with Crippen LogP contribution < -0.4 is 20.9 Å². The molecule has 1 aromatic heterocycles. The number of piperazine rings is 1. The molecule has 1 aliphatic carbocycles. The predicted octanol–water partition coefficient (Wildman–Crippen LogP) is 0.741. The van der Waals surface area contributed by atoms with Crippen molar-refractivity contribution in [3.05, 3.63) is 46.2 Å². The van der Waals surface area contributed by atoms with Crippen LogP contribution in [0, 0.1) is 0 Å². The number of nitrogens with one attached hydrogen (secondary N) is 1. The molecule has 2 aromatic rings. The lowest BCUT2D eigenvalue weighted by atomic mass is 9.94. The van der Waals surface area contributed by atoms with Crippen molar-refractivity contribution in [1.29, 1.82) is 0 Å². The van der Waals surface area contributed by atoms with E-state index in [0.717, 1.165) is 24.2 Å². The number of benzene rings is 1. The summed E-state index contributed by atoms with van der Waals surface area (Å²) in [5, 5.41) is 0. The van der Waals surface area contributed by atoms with Crippen LogP contribution >= 0.6 is 0 Å². The Hall–Kier alpha value is -3.03. The van der Waals surface area contributed by atoms with Gasteiger partial charge in [-0.25, -0.2) is 0 Å². The maximum atomic E-state index is 13.2. The highest BCUT2D eigenvalue weighted by molar-refractivity contribution is 5.91. The number of ether oxygens (including phenoxy) is 1. The van der Waals surface area contributed by atoms with Gasteiger partial charge in [-0.3, -0.25) is 14.6 Å². The van der Waals surface area contributed by atoms with Crippen molar-refractivity contribution in [2.75, 3.05) is 43.9 Å². The molecule has 3 N–H and O–H groups in total. The summed E-state index contributed by atoms with van der Waals surface area (Å²) in [6, 6.07) is 9.23. The molecule has 142 valence electrons. The molecule has 1 aromatic carbocycles. The molecule has 2 fully saturated rings. The Bertz CT molecular complexity index is 896. The van der Waals surface area contributed by atoms with Crippen molar-refractivity contribution >= 4 is 17.7 Å². The van der Waals surface area contributed by atoms with E-state index in [9.17, 15) is 9.59 Å². The number of anilines is 2. The van der Waals surface area contributed by atoms with Crippen LogP contribution in [0.25, 0.3) is 0 Å². The summed E-state index contributed by atoms with van der Waals surface area (Å²) < 4.78 is 5.21. The molecule has 1 aliphatic heterocycles. The van der Waals surface area contributed by atoms with E-state index in [1.807, 2.05) is 34.1 Å². The highest BCUT2D eigenvalue weighted by Gasteiger charge is 2.53. The Kier molecular flexibility index (Phi) is 4.25. The van der Waals surface area contributed by atoms with Crippen molar-refractivity contribution in [1.82, 2.24) is 14.9 Å². The van der Waals surface area contributed by atoms with E-state index in [4.69, 9.17) is 10.5 Å². The predicted molar refractivity (Wildman–Crippen MR) is 102 cm³/mol. The average molecular weight is 369 g/mol. The van der Waals surface area contributed by atoms with Gasteiger partial charge in [0.1, 0.15) is 11.6 Å². The number of rotatable bonds is 4. The number of methoxy groups -OCH3 is 1. The average Bonchev–Trinajstić information content (AvgIpc) is 3.49. The van der Waals surface area contributed by atoms with E-state index in [2.05, 4.69) is 9.97 Å². The van der Waals surface area contributed by atoms with Crippen LogP contribution in [0.3, 0.4) is 0 Å². The van der Waals surface area contributed by atoms with Gasteiger partial charge in [0.15, 0.2) is 0 Å². The topological polar surface area (TPSA) is 105 Å². The fraction of sp³-hybridized carbons (Fsp3) is 0.421. The zero-order valence-corrected chi connectivity index (χ0v) is 15.3. The van der Waals surface area contributed by atoms with Crippen molar-refractivity contribution in [3.63, 3.8) is 0 Å². The summed E-state index contributed by atoms with van der Waals surface area (Å²) in [6.45, 7) is 2.46. The number of nitrogens with zero attached hydrogens (tertiary/aromatic N) is 3. The second-order valence-electron chi connectivity index (χ2n) is 7.08. The van der Waals surface area contributed by atoms with Crippen LogP contribution in [0.2, 0.25) is 0 Å². The van der Waals surface area contributed by atoms with E-state index in [1.165, 1.54) is 6.07 Å². The molecule has 0 bridgehead atoms. The van der Waals surface area contributed by atoms with Crippen molar-refractivity contribution < 1.29 is 9.53 Å². The highest BCUT2D eigenvalue weighted by Crippen LogP contribution is 2.50. The number of aromatic nitrogens is 2. The zero-order valence-electron chi connectivity index (χ0n) is 15.3. The molecule has 8 heteroatoms. The van der Waals surface area contributed by atoms with Gasteiger partial charge in [-0.2, -0.15) is 4.98 Å². The minimum Gasteiger partial charge on any atom is -0.497 e. The van der Waals surface area contributed by atoms with Crippen LogP contribution in [0.5, 0.6) is 5.75 Å². The molecular weight excluding hydrogens is 346 g/mol. The maximum absolute atomic E-state index is 13.2. The number of nitrogens with two attached hydrogens (primary N) is 1. The van der Waals surface area contributed by atoms with Crippen LogP contribution in [-0.2, 0) is 10.2 Å². The number of carbonyl (C=O) groups excluding carboxylic acids is 1. The molecule has 0 spiro atoms. The van der Waals surface area contributed by atoms with Gasteiger partial charge in [-0.05, 0) is 30.5 Å². The van der Waals surface area contributed by atoms with Crippen LogP contribution in [0.4, 0.5) is 11.8 Å². The molecule has 0 radical (unpaired) electrons. The molecule has 27 heavy (non-hydrogen) atoms. The standard InChI is InChI=1S/C19H23N5O3/c1-27-14-4-2-13(3-5-14)19(6-7-19)17(26)24-10-8-23(9-11-24)15-12-16(25)22-18(20)21-15/h2-5,12H,6-11H2,1H3,(H3,20,21,22,25). The lowest BCUT2D eigenvalue weighted by Gasteiger charge is -2.37. The van der Waals surface area contributed by atoms with Gasteiger partial charge in [-0.15, -0.1) is 0 Å². The molecule has 0 unspecified atom stereocenters. The Morgan fingerprint density at radius 2 is 1.85 bits per heavy atom. The maximum Gasteiger partial charge on any atom is 0.254 e. The molecule has 2 aliphatic rings. The van der Waals surface area contributed by atoms with Gasteiger partial charge in [0.05, 0.1) is 12.5 Å². The molecule has 1 amide bonds. The Morgan fingerprint density at radius 3 is 2.41 bits per heavy atom. The quantitative estimate of drug-likeness (QED) is 0.824. The molecule has 4 rings (SSSR count). The first-order valence-corrected chi connectivity index (χ1v) is 9.07. The molecule has 1 saturated carbocycles. The lowest BCUT2D eigenvalue weighted by Crippen LogP contribution is -2.52. The van der Waals surface area contributed by atoms with E-state index in [-0.39, 0.29) is 22.8 Å². The monoisotopic (exact) mass is 369 g/mol. The summed E-state index contributed by atoms with van der Waals surface area (Å²) >= 11 is 0. The molecule has 8 nitrogen and oxygen atoms in total. The number of amides is 1. The number of H-pyrrole nitrogens is 1. The number of carbonyl (C=O) groups is 1. The lowest BCUT2D eigenvalue weighted by molar-refractivity contribution is -0.134. The summed E-state index contributed by atoms with van der Waals surface area (Å²) in [6.07, 6.45) is 1.76. The van der Waals surface area contributed by atoms with Gasteiger partial charge < -0.3 is 20.3 Å². The first-order chi connectivity index (χ1) is 13.0. The second kappa shape index (κ2) is 6.61. The third-order valence-corrected chi connectivity index (χ3v) is 5.44. The van der Waals surface area contributed by atoms with Crippen molar-refractivity contribution in [2.24, 2.45) is 0 Å². The zero-order chi connectivity index (χ0) is 19.0. The van der Waals surface area contributed by atoms with E-state index in [0.29, 0.717) is 32.0 Å². The van der Waals surface area contributed by atoms with Crippen LogP contribution in [0.15, 0.2) is 35.1 Å². The van der Waals surface area contributed by atoms with Gasteiger partial charge in [-0.1, -0.05) is 12.1 Å². The Morgan fingerprint density at radius 1 is 1.19 bits per heavy atom. The SMILES string of the molecule is COc1ccc(C2(C(=O)N3CCN(c4cc(=O)[nH]c(N)n4)CC3)CC2)cc1. The van der Waals surface area contributed by atoms with Gasteiger partial charge in [0, 0.05) is 32.2 Å². The summed E-state index contributed by atoms with van der Waals surface area (Å²) in [5.41, 5.74) is 6.02. The summed E-state index contributed by atoms with van der Waals surface area (Å²) in [5.74, 6) is 1.64. The molecule has 0 atom stereocenters. The number of aromatic amines is 1. The Labute approximate surface area is 156 Å². The molecule has 2 heterocycles. The highest BCUT2D eigenvalue weighted by atomic mass is 16.5. The van der Waals surface area contributed by atoms with Crippen molar-refractivity contribution in [2.45, 2.75) is 18.3 Å². The number of nitrogen functional groups attached to an aromatic ring is 1. The molecular formula is C19H23N5O3. The summed E-state index contributed by atoms with van der Waals surface area (Å²) in [4.78, 5) is 35.3. The normalized spacial score (nSPS) is 18.3. The largest absolute Gasteiger partial charge is 0.497 e. The Balaban J connectivity index is 1.44. The number of hydrogen-bond donors (Lipinski definition) is 2. The number of hydrogen-bond acceptors (Lipinski definition) is 6. The van der Waals surface area contributed by atoms with Gasteiger partial charge >= 0.3 is 0 Å². The second-order valence-corrected chi connectivity index (χ2v) is 7.08. The molecule has 1 saturated heterocycles. The van der Waals surface area contributed by atoms with Crippen LogP contribution in [-0.4, -0.2) is 54.1 Å². The third kappa shape index (κ3) is 3.22. The van der Waals surface area contributed by atoms with E-state index in [1.54, 1.807) is 7.11 Å². The van der Waals surface area contributed by atoms with E-state index < -0.39 is 0 Å². The first-order valence-electron chi connectivity index (χ1n) is 9.07.